The molecule has 0 bridgehead atoms. The van der Waals surface area contributed by atoms with Crippen molar-refractivity contribution in [2.45, 2.75) is 45.1 Å². The van der Waals surface area contributed by atoms with Gasteiger partial charge in [0.05, 0.1) is 11.7 Å². The van der Waals surface area contributed by atoms with Gasteiger partial charge in [0.15, 0.2) is 0 Å². The Labute approximate surface area is 130 Å². The number of hydrogen-bond acceptors (Lipinski definition) is 4. The zero-order valence-electron chi connectivity index (χ0n) is 13.2. The van der Waals surface area contributed by atoms with E-state index in [4.69, 9.17) is 4.52 Å². The molecule has 0 saturated carbocycles. The summed E-state index contributed by atoms with van der Waals surface area (Å²) in [5.74, 6) is 0.346. The predicted octanol–water partition coefficient (Wildman–Crippen LogP) is 1.93. The largest absolute Gasteiger partial charge is 0.351 e. The van der Waals surface area contributed by atoms with Crippen LogP contribution < -0.4 is 0 Å². The molecule has 120 valence electrons. The lowest BCUT2D eigenvalue weighted by atomic mass is 9.85. The van der Waals surface area contributed by atoms with Gasteiger partial charge in [-0.3, -0.25) is 9.59 Å². The smallest absolute Gasteiger partial charge is 0.292 e. The molecule has 1 aromatic heterocycles. The number of rotatable bonds is 2. The van der Waals surface area contributed by atoms with Crippen LogP contribution in [0.25, 0.3) is 0 Å². The van der Waals surface area contributed by atoms with Gasteiger partial charge in [-0.15, -0.1) is 0 Å². The molecule has 2 aliphatic heterocycles. The third-order valence-electron chi connectivity index (χ3n) is 4.85. The van der Waals surface area contributed by atoms with E-state index in [1.165, 1.54) is 6.20 Å². The highest BCUT2D eigenvalue weighted by Gasteiger charge is 2.47. The van der Waals surface area contributed by atoms with E-state index in [0.717, 1.165) is 32.2 Å². The number of likely N-dealkylation sites (tertiary alicyclic amines) is 2. The molecule has 0 aliphatic carbocycles. The number of piperidine rings is 1. The monoisotopic (exact) mass is 305 g/mol. The van der Waals surface area contributed by atoms with E-state index in [0.29, 0.717) is 13.1 Å². The van der Waals surface area contributed by atoms with Crippen LogP contribution in [-0.2, 0) is 4.79 Å². The van der Waals surface area contributed by atoms with E-state index in [1.807, 2.05) is 23.6 Å². The highest BCUT2D eigenvalue weighted by atomic mass is 16.5. The molecule has 2 aliphatic rings. The van der Waals surface area contributed by atoms with Crippen LogP contribution in [0.15, 0.2) is 16.8 Å². The molecule has 3 rings (SSSR count). The molecule has 0 N–H and O–H groups in total. The molecule has 2 saturated heterocycles. The van der Waals surface area contributed by atoms with E-state index >= 15 is 0 Å². The molecule has 6 heteroatoms. The Bertz CT molecular complexity index is 555. The number of aromatic nitrogens is 1. The molecular weight excluding hydrogens is 282 g/mol. The molecular formula is C16H23N3O3. The van der Waals surface area contributed by atoms with Gasteiger partial charge in [0.25, 0.3) is 5.91 Å². The molecule has 2 fully saturated rings. The van der Waals surface area contributed by atoms with Crippen LogP contribution in [0, 0.1) is 5.92 Å². The zero-order valence-corrected chi connectivity index (χ0v) is 13.2. The van der Waals surface area contributed by atoms with Gasteiger partial charge >= 0.3 is 0 Å². The van der Waals surface area contributed by atoms with Crippen molar-refractivity contribution < 1.29 is 14.1 Å². The Morgan fingerprint density at radius 3 is 2.64 bits per heavy atom. The number of nitrogens with zero attached hydrogens (tertiary/aromatic N) is 3. The number of amides is 2. The average molecular weight is 305 g/mol. The van der Waals surface area contributed by atoms with Crippen LogP contribution in [0.1, 0.15) is 50.1 Å². The maximum absolute atomic E-state index is 12.5. The lowest BCUT2D eigenvalue weighted by molar-refractivity contribution is -0.140. The fraction of sp³-hybridized carbons (Fsp3) is 0.688. The molecule has 1 atom stereocenters. The lowest BCUT2D eigenvalue weighted by Crippen LogP contribution is -2.59. The van der Waals surface area contributed by atoms with Gasteiger partial charge in [0.2, 0.25) is 11.7 Å². The zero-order chi connectivity index (χ0) is 15.7. The number of hydrogen-bond donors (Lipinski definition) is 0. The van der Waals surface area contributed by atoms with Gasteiger partial charge in [-0.25, -0.2) is 0 Å². The quantitative estimate of drug-likeness (QED) is 0.837. The molecule has 0 radical (unpaired) electrons. The van der Waals surface area contributed by atoms with E-state index in [1.54, 1.807) is 6.07 Å². The Kier molecular flexibility index (Phi) is 3.93. The first-order valence-electron chi connectivity index (χ1n) is 8.05. The normalized spacial score (nSPS) is 25.2. The van der Waals surface area contributed by atoms with Crippen LogP contribution >= 0.6 is 0 Å². The first-order chi connectivity index (χ1) is 10.5. The van der Waals surface area contributed by atoms with E-state index in [9.17, 15) is 9.59 Å². The molecule has 1 aromatic rings. The van der Waals surface area contributed by atoms with Crippen molar-refractivity contribution in [1.29, 1.82) is 0 Å². The molecule has 1 spiro atoms. The Morgan fingerprint density at radius 2 is 2.00 bits per heavy atom. The van der Waals surface area contributed by atoms with Crippen LogP contribution in [0.5, 0.6) is 0 Å². The third kappa shape index (κ3) is 2.51. The summed E-state index contributed by atoms with van der Waals surface area (Å²) in [5.41, 5.74) is -0.185. The Hall–Kier alpha value is -1.85. The van der Waals surface area contributed by atoms with E-state index < -0.39 is 0 Å². The molecule has 0 unspecified atom stereocenters. The molecule has 0 aromatic carbocycles. The second kappa shape index (κ2) is 5.74. The fourth-order valence-electron chi connectivity index (χ4n) is 3.79. The Balaban J connectivity index is 1.79. The van der Waals surface area contributed by atoms with Crippen molar-refractivity contribution in [1.82, 2.24) is 15.0 Å². The summed E-state index contributed by atoms with van der Waals surface area (Å²) >= 11 is 0. The predicted molar refractivity (Wildman–Crippen MR) is 80.2 cm³/mol. The van der Waals surface area contributed by atoms with Crippen molar-refractivity contribution in [3.8, 4) is 0 Å². The summed E-state index contributed by atoms with van der Waals surface area (Å²) in [4.78, 5) is 28.9. The SMILES string of the molecule is CC(C)C(=O)N1CCC[C@]12CCCN(C(=O)c1ccno1)C2. The van der Waals surface area contributed by atoms with Gasteiger partial charge in [-0.2, -0.15) is 0 Å². The molecule has 3 heterocycles. The summed E-state index contributed by atoms with van der Waals surface area (Å²) < 4.78 is 4.99. The van der Waals surface area contributed by atoms with Crippen molar-refractivity contribution in [2.24, 2.45) is 5.92 Å². The summed E-state index contributed by atoms with van der Waals surface area (Å²) in [7, 11) is 0. The van der Waals surface area contributed by atoms with Crippen LogP contribution in [-0.4, -0.2) is 51.9 Å². The summed E-state index contributed by atoms with van der Waals surface area (Å²) in [6.45, 7) is 6.00. The van der Waals surface area contributed by atoms with Gasteiger partial charge in [0.1, 0.15) is 0 Å². The van der Waals surface area contributed by atoms with Crippen molar-refractivity contribution in [2.75, 3.05) is 19.6 Å². The summed E-state index contributed by atoms with van der Waals surface area (Å²) in [6.07, 6.45) is 5.37. The maximum Gasteiger partial charge on any atom is 0.292 e. The van der Waals surface area contributed by atoms with Gasteiger partial charge in [-0.1, -0.05) is 19.0 Å². The van der Waals surface area contributed by atoms with Gasteiger partial charge in [0, 0.05) is 31.6 Å². The van der Waals surface area contributed by atoms with E-state index in [2.05, 4.69) is 5.16 Å². The van der Waals surface area contributed by atoms with Crippen molar-refractivity contribution >= 4 is 11.8 Å². The van der Waals surface area contributed by atoms with Crippen LogP contribution in [0.3, 0.4) is 0 Å². The number of carbonyl (C=O) groups is 2. The molecule has 2 amide bonds. The summed E-state index contributed by atoms with van der Waals surface area (Å²) in [5, 5.41) is 3.61. The molecule has 22 heavy (non-hydrogen) atoms. The second-order valence-electron chi connectivity index (χ2n) is 6.68. The summed E-state index contributed by atoms with van der Waals surface area (Å²) in [6, 6.07) is 1.59. The van der Waals surface area contributed by atoms with Crippen molar-refractivity contribution in [3.63, 3.8) is 0 Å². The van der Waals surface area contributed by atoms with Crippen LogP contribution in [0.2, 0.25) is 0 Å². The van der Waals surface area contributed by atoms with E-state index in [-0.39, 0.29) is 29.0 Å². The second-order valence-corrected chi connectivity index (χ2v) is 6.68. The van der Waals surface area contributed by atoms with Gasteiger partial charge in [-0.05, 0) is 25.7 Å². The third-order valence-corrected chi connectivity index (χ3v) is 4.85. The first-order valence-corrected chi connectivity index (χ1v) is 8.05. The lowest BCUT2D eigenvalue weighted by Gasteiger charge is -2.46. The highest BCUT2D eigenvalue weighted by molar-refractivity contribution is 5.91. The standard InChI is InChI=1S/C16H23N3O3/c1-12(2)14(20)19-10-4-7-16(19)6-3-9-18(11-16)15(21)13-5-8-17-22-13/h5,8,12H,3-4,6-7,9-11H2,1-2H3/t16-/m0/s1. The first kappa shape index (κ1) is 15.1. The highest BCUT2D eigenvalue weighted by Crippen LogP contribution is 2.38. The van der Waals surface area contributed by atoms with Crippen molar-refractivity contribution in [3.05, 3.63) is 18.0 Å². The van der Waals surface area contributed by atoms with Gasteiger partial charge < -0.3 is 14.3 Å². The topological polar surface area (TPSA) is 66.7 Å². The molecule has 6 nitrogen and oxygen atoms in total. The van der Waals surface area contributed by atoms with Crippen LogP contribution in [0.4, 0.5) is 0 Å². The average Bonchev–Trinajstić information content (AvgIpc) is 3.16. The minimum Gasteiger partial charge on any atom is -0.351 e. The number of carbonyl (C=O) groups excluding carboxylic acids is 2. The fourth-order valence-corrected chi connectivity index (χ4v) is 3.79. The Morgan fingerprint density at radius 1 is 1.27 bits per heavy atom. The minimum atomic E-state index is -0.185. The maximum atomic E-state index is 12.5. The minimum absolute atomic E-state index is 0.00433.